The molecule has 0 fully saturated rings. The molecule has 3 aromatic rings. The molecule has 0 radical (unpaired) electrons. The van der Waals surface area contributed by atoms with E-state index in [1.54, 1.807) is 18.3 Å². The summed E-state index contributed by atoms with van der Waals surface area (Å²) in [5.41, 5.74) is 8.70. The molecule has 134 valence electrons. The Labute approximate surface area is 158 Å². The number of hydrogen-bond donors (Lipinski definition) is 1. The van der Waals surface area contributed by atoms with E-state index >= 15 is 0 Å². The van der Waals surface area contributed by atoms with Crippen molar-refractivity contribution in [3.05, 3.63) is 83.4 Å². The van der Waals surface area contributed by atoms with Crippen LogP contribution in [-0.2, 0) is 22.8 Å². The van der Waals surface area contributed by atoms with Crippen molar-refractivity contribution < 1.29 is 8.42 Å². The molecule has 5 nitrogen and oxygen atoms in total. The van der Waals surface area contributed by atoms with Crippen molar-refractivity contribution >= 4 is 27.0 Å². The minimum absolute atomic E-state index is 0.315. The molecule has 0 bridgehead atoms. The summed E-state index contributed by atoms with van der Waals surface area (Å²) in [6.07, 6.45) is 5.47. The quantitative estimate of drug-likeness (QED) is 0.660. The molecule has 1 aromatic heterocycles. The van der Waals surface area contributed by atoms with Crippen LogP contribution in [0.4, 0.5) is 0 Å². The minimum Gasteiger partial charge on any atom is -0.389 e. The van der Waals surface area contributed by atoms with E-state index < -0.39 is 9.84 Å². The number of thiocarbonyl (C=S) groups is 1. The summed E-state index contributed by atoms with van der Waals surface area (Å²) in [4.78, 5) is 5.12. The predicted octanol–water partition coefficient (Wildman–Crippen LogP) is 2.56. The van der Waals surface area contributed by atoms with Crippen LogP contribution >= 0.6 is 12.2 Å². The number of hydrogen-bond acceptors (Lipinski definition) is 4. The number of benzene rings is 2. The van der Waals surface area contributed by atoms with Gasteiger partial charge in [-0.2, -0.15) is 0 Å². The van der Waals surface area contributed by atoms with Gasteiger partial charge in [-0.1, -0.05) is 48.6 Å². The zero-order valence-electron chi connectivity index (χ0n) is 14.3. The number of rotatable bonds is 6. The van der Waals surface area contributed by atoms with Gasteiger partial charge in [0, 0.05) is 37.2 Å². The van der Waals surface area contributed by atoms with Gasteiger partial charge in [0.25, 0.3) is 0 Å². The Hall–Kier alpha value is -2.51. The van der Waals surface area contributed by atoms with Gasteiger partial charge in [-0.15, -0.1) is 0 Å². The van der Waals surface area contributed by atoms with Gasteiger partial charge in [-0.3, -0.25) is 0 Å². The lowest BCUT2D eigenvalue weighted by Gasteiger charge is -2.12. The molecule has 0 atom stereocenters. The molecule has 0 saturated heterocycles. The molecule has 7 heteroatoms. The second kappa shape index (κ2) is 7.39. The first kappa shape index (κ1) is 18.3. The SMILES string of the molecule is CS(=O)(=O)c1ccc(Cc2nccn2Cc2ccccc2C(N)=S)cc1. The van der Waals surface area contributed by atoms with Crippen LogP contribution in [0.25, 0.3) is 0 Å². The average Bonchev–Trinajstić information content (AvgIpc) is 3.02. The van der Waals surface area contributed by atoms with Crippen molar-refractivity contribution in [2.24, 2.45) is 5.73 Å². The van der Waals surface area contributed by atoms with E-state index in [1.807, 2.05) is 47.2 Å². The first-order valence-corrected chi connectivity index (χ1v) is 10.3. The molecular weight excluding hydrogens is 366 g/mol. The fourth-order valence-corrected chi connectivity index (χ4v) is 3.60. The summed E-state index contributed by atoms with van der Waals surface area (Å²) in [6.45, 7) is 0.615. The molecule has 0 saturated carbocycles. The summed E-state index contributed by atoms with van der Waals surface area (Å²) in [6, 6.07) is 14.7. The fourth-order valence-electron chi connectivity index (χ4n) is 2.77. The molecule has 0 unspecified atom stereocenters. The molecule has 0 aliphatic carbocycles. The molecule has 1 heterocycles. The highest BCUT2D eigenvalue weighted by Gasteiger charge is 2.10. The summed E-state index contributed by atoms with van der Waals surface area (Å²) in [5, 5.41) is 0. The monoisotopic (exact) mass is 385 g/mol. The molecule has 26 heavy (non-hydrogen) atoms. The van der Waals surface area contributed by atoms with E-state index in [2.05, 4.69) is 4.98 Å². The number of nitrogens with zero attached hydrogens (tertiary/aromatic N) is 2. The summed E-state index contributed by atoms with van der Waals surface area (Å²) in [7, 11) is -3.19. The normalized spacial score (nSPS) is 11.4. The standard InChI is InChI=1S/C19H19N3O2S2/c1-26(23,24)16-8-6-14(7-9-16)12-18-21-10-11-22(18)13-15-4-2-3-5-17(15)19(20)25/h2-11H,12-13H2,1H3,(H2,20,25). The van der Waals surface area contributed by atoms with Gasteiger partial charge in [0.05, 0.1) is 4.90 Å². The Morgan fingerprint density at radius 3 is 2.50 bits per heavy atom. The van der Waals surface area contributed by atoms with Crippen molar-refractivity contribution in [2.45, 2.75) is 17.9 Å². The highest BCUT2D eigenvalue weighted by atomic mass is 32.2. The Morgan fingerprint density at radius 1 is 1.15 bits per heavy atom. The number of imidazole rings is 1. The number of sulfone groups is 1. The molecule has 2 aromatic carbocycles. The maximum Gasteiger partial charge on any atom is 0.175 e. The maximum atomic E-state index is 11.6. The third kappa shape index (κ3) is 4.17. The third-order valence-electron chi connectivity index (χ3n) is 4.14. The Morgan fingerprint density at radius 2 is 1.85 bits per heavy atom. The first-order valence-electron chi connectivity index (χ1n) is 8.01. The van der Waals surface area contributed by atoms with Gasteiger partial charge in [-0.05, 0) is 23.3 Å². The molecule has 0 spiro atoms. The van der Waals surface area contributed by atoms with E-state index in [9.17, 15) is 8.42 Å². The lowest BCUT2D eigenvalue weighted by Crippen LogP contribution is -2.14. The van der Waals surface area contributed by atoms with Crippen LogP contribution in [-0.4, -0.2) is 29.2 Å². The lowest BCUT2D eigenvalue weighted by molar-refractivity contribution is 0.602. The van der Waals surface area contributed by atoms with Crippen molar-refractivity contribution in [3.63, 3.8) is 0 Å². The maximum absolute atomic E-state index is 11.6. The van der Waals surface area contributed by atoms with Gasteiger partial charge in [0.15, 0.2) is 9.84 Å². The topological polar surface area (TPSA) is 78.0 Å². The highest BCUT2D eigenvalue weighted by molar-refractivity contribution is 7.90. The molecule has 0 aliphatic rings. The van der Waals surface area contributed by atoms with E-state index in [1.165, 1.54) is 6.26 Å². The predicted molar refractivity (Wildman–Crippen MR) is 106 cm³/mol. The number of nitrogens with two attached hydrogens (primary N) is 1. The van der Waals surface area contributed by atoms with E-state index in [0.29, 0.717) is 22.8 Å². The van der Waals surface area contributed by atoms with Crippen LogP contribution in [0.5, 0.6) is 0 Å². The van der Waals surface area contributed by atoms with Crippen LogP contribution in [0.3, 0.4) is 0 Å². The minimum atomic E-state index is -3.19. The van der Waals surface area contributed by atoms with Crippen LogP contribution in [0, 0.1) is 0 Å². The second-order valence-electron chi connectivity index (χ2n) is 6.09. The van der Waals surface area contributed by atoms with Crippen LogP contribution in [0.15, 0.2) is 65.8 Å². The highest BCUT2D eigenvalue weighted by Crippen LogP contribution is 2.16. The summed E-state index contributed by atoms with van der Waals surface area (Å²) < 4.78 is 25.2. The molecule has 3 rings (SSSR count). The molecule has 0 aliphatic heterocycles. The first-order chi connectivity index (χ1) is 12.3. The van der Waals surface area contributed by atoms with Gasteiger partial charge in [-0.25, -0.2) is 13.4 Å². The summed E-state index contributed by atoms with van der Waals surface area (Å²) >= 11 is 5.13. The Balaban J connectivity index is 1.83. The van der Waals surface area contributed by atoms with Gasteiger partial charge in [0.2, 0.25) is 0 Å². The Bertz CT molecular complexity index is 1040. The third-order valence-corrected chi connectivity index (χ3v) is 5.49. The smallest absolute Gasteiger partial charge is 0.175 e. The van der Waals surface area contributed by atoms with E-state index in [0.717, 1.165) is 22.5 Å². The zero-order valence-corrected chi connectivity index (χ0v) is 15.9. The van der Waals surface area contributed by atoms with E-state index in [-0.39, 0.29) is 0 Å². The Kier molecular flexibility index (Phi) is 5.20. The molecular formula is C19H19N3O2S2. The van der Waals surface area contributed by atoms with Gasteiger partial charge < -0.3 is 10.3 Å². The van der Waals surface area contributed by atoms with Crippen molar-refractivity contribution in [3.8, 4) is 0 Å². The van der Waals surface area contributed by atoms with E-state index in [4.69, 9.17) is 18.0 Å². The zero-order chi connectivity index (χ0) is 18.7. The number of aromatic nitrogens is 2. The van der Waals surface area contributed by atoms with Gasteiger partial charge in [0.1, 0.15) is 10.8 Å². The fraction of sp³-hybridized carbons (Fsp3) is 0.158. The molecule has 0 amide bonds. The largest absolute Gasteiger partial charge is 0.389 e. The van der Waals surface area contributed by atoms with Crippen LogP contribution in [0.2, 0.25) is 0 Å². The average molecular weight is 386 g/mol. The van der Waals surface area contributed by atoms with Gasteiger partial charge >= 0.3 is 0 Å². The van der Waals surface area contributed by atoms with Crippen LogP contribution < -0.4 is 5.73 Å². The van der Waals surface area contributed by atoms with Crippen molar-refractivity contribution in [1.82, 2.24) is 9.55 Å². The van der Waals surface area contributed by atoms with Crippen LogP contribution in [0.1, 0.15) is 22.5 Å². The second-order valence-corrected chi connectivity index (χ2v) is 8.54. The lowest BCUT2D eigenvalue weighted by atomic mass is 10.1. The molecule has 2 N–H and O–H groups in total. The van der Waals surface area contributed by atoms with Crippen molar-refractivity contribution in [1.29, 1.82) is 0 Å². The summed E-state index contributed by atoms with van der Waals surface area (Å²) in [5.74, 6) is 0.884. The van der Waals surface area contributed by atoms with Crippen molar-refractivity contribution in [2.75, 3.05) is 6.26 Å².